The van der Waals surface area contributed by atoms with Gasteiger partial charge in [0.15, 0.2) is 0 Å². The molecule has 2 aromatic carbocycles. The summed E-state index contributed by atoms with van der Waals surface area (Å²) in [6.45, 7) is 2.71. The molecule has 35 heavy (non-hydrogen) atoms. The second-order valence-corrected chi connectivity index (χ2v) is 11.4. The van der Waals surface area contributed by atoms with Crippen molar-refractivity contribution in [3.8, 4) is 11.4 Å². The largest absolute Gasteiger partial charge is 0.338 e. The van der Waals surface area contributed by atoms with Crippen LogP contribution in [-0.4, -0.2) is 67.4 Å². The molecule has 0 N–H and O–H groups in total. The van der Waals surface area contributed by atoms with Crippen molar-refractivity contribution in [2.45, 2.75) is 30.7 Å². The van der Waals surface area contributed by atoms with E-state index in [1.54, 1.807) is 18.2 Å². The predicted molar refractivity (Wildman–Crippen MR) is 131 cm³/mol. The van der Waals surface area contributed by atoms with Gasteiger partial charge in [-0.15, -0.1) is 0 Å². The SMILES string of the molecule is CN(C)S(=O)(=O)c1ccc2c(c1)CCN2C(=O)C1CCN(Cc2nc(-c3ccccc3)no2)CC1. The number of carbonyl (C=O) groups is 1. The second-order valence-electron chi connectivity index (χ2n) is 9.25. The third kappa shape index (κ3) is 4.73. The van der Waals surface area contributed by atoms with Gasteiger partial charge in [-0.1, -0.05) is 35.5 Å². The van der Waals surface area contributed by atoms with Gasteiger partial charge in [-0.05, 0) is 56.1 Å². The molecule has 9 nitrogen and oxygen atoms in total. The van der Waals surface area contributed by atoms with Crippen molar-refractivity contribution in [3.05, 3.63) is 60.0 Å². The van der Waals surface area contributed by atoms with Gasteiger partial charge < -0.3 is 9.42 Å². The molecule has 2 aliphatic heterocycles. The maximum Gasteiger partial charge on any atom is 0.242 e. The zero-order valence-electron chi connectivity index (χ0n) is 19.9. The zero-order valence-corrected chi connectivity index (χ0v) is 20.7. The van der Waals surface area contributed by atoms with Crippen LogP contribution in [0.15, 0.2) is 57.9 Å². The molecule has 0 atom stereocenters. The quantitative estimate of drug-likeness (QED) is 0.518. The van der Waals surface area contributed by atoms with Crippen LogP contribution in [0.2, 0.25) is 0 Å². The smallest absolute Gasteiger partial charge is 0.242 e. The molecule has 2 aliphatic rings. The minimum absolute atomic E-state index is 0.0510. The molecule has 1 aromatic heterocycles. The summed E-state index contributed by atoms with van der Waals surface area (Å²) in [4.78, 5) is 22.2. The van der Waals surface area contributed by atoms with Gasteiger partial charge in [-0.3, -0.25) is 9.69 Å². The van der Waals surface area contributed by atoms with Crippen LogP contribution < -0.4 is 4.90 Å². The van der Waals surface area contributed by atoms with E-state index in [1.165, 1.54) is 18.4 Å². The number of hydrogen-bond donors (Lipinski definition) is 0. The third-order valence-corrected chi connectivity index (χ3v) is 8.60. The molecule has 0 aliphatic carbocycles. The fourth-order valence-corrected chi connectivity index (χ4v) is 5.70. The normalized spacial score (nSPS) is 17.2. The van der Waals surface area contributed by atoms with Gasteiger partial charge in [-0.25, -0.2) is 12.7 Å². The van der Waals surface area contributed by atoms with Gasteiger partial charge in [0.2, 0.25) is 27.6 Å². The summed E-state index contributed by atoms with van der Waals surface area (Å²) < 4.78 is 31.6. The van der Waals surface area contributed by atoms with E-state index in [0.29, 0.717) is 31.2 Å². The predicted octanol–water partition coefficient (Wildman–Crippen LogP) is 2.79. The molecule has 1 amide bonds. The number of hydrogen-bond acceptors (Lipinski definition) is 7. The maximum atomic E-state index is 13.3. The molecule has 5 rings (SSSR count). The van der Waals surface area contributed by atoms with E-state index in [9.17, 15) is 13.2 Å². The number of aromatic nitrogens is 2. The highest BCUT2D eigenvalue weighted by molar-refractivity contribution is 7.89. The molecule has 10 heteroatoms. The van der Waals surface area contributed by atoms with Crippen molar-refractivity contribution in [2.24, 2.45) is 5.92 Å². The number of piperidine rings is 1. The summed E-state index contributed by atoms with van der Waals surface area (Å²) in [6.07, 6.45) is 2.19. The summed E-state index contributed by atoms with van der Waals surface area (Å²) in [7, 11) is -0.457. The van der Waals surface area contributed by atoms with Crippen LogP contribution in [-0.2, 0) is 27.8 Å². The standard InChI is InChI=1S/C25H29N5O4S/c1-28(2)35(32,33)21-8-9-22-20(16-21)12-15-30(22)25(31)19-10-13-29(14-11-19)17-23-26-24(27-34-23)18-6-4-3-5-7-18/h3-9,16,19H,10-15,17H2,1-2H3. The Morgan fingerprint density at radius 3 is 2.54 bits per heavy atom. The Bertz CT molecular complexity index is 1310. The van der Waals surface area contributed by atoms with Crippen LogP contribution in [0.4, 0.5) is 5.69 Å². The van der Waals surface area contributed by atoms with E-state index in [4.69, 9.17) is 4.52 Å². The Hall–Kier alpha value is -3.08. The van der Waals surface area contributed by atoms with Crippen LogP contribution in [0.5, 0.6) is 0 Å². The highest BCUT2D eigenvalue weighted by Gasteiger charge is 2.33. The van der Waals surface area contributed by atoms with Crippen LogP contribution in [0.3, 0.4) is 0 Å². The molecular formula is C25H29N5O4S. The molecule has 3 heterocycles. The van der Waals surface area contributed by atoms with Gasteiger partial charge in [-0.2, -0.15) is 4.98 Å². The third-order valence-electron chi connectivity index (χ3n) is 6.79. The van der Waals surface area contributed by atoms with E-state index in [2.05, 4.69) is 15.0 Å². The van der Waals surface area contributed by atoms with Gasteiger partial charge in [0.05, 0.1) is 11.4 Å². The Labute approximate surface area is 205 Å². The number of anilines is 1. The Balaban J connectivity index is 1.19. The van der Waals surface area contributed by atoms with E-state index in [-0.39, 0.29) is 16.7 Å². The number of carbonyl (C=O) groups excluding carboxylic acids is 1. The van der Waals surface area contributed by atoms with Gasteiger partial charge in [0.1, 0.15) is 0 Å². The summed E-state index contributed by atoms with van der Waals surface area (Å²) in [6, 6.07) is 14.8. The monoisotopic (exact) mass is 495 g/mol. The fraction of sp³-hybridized carbons (Fsp3) is 0.400. The first-order chi connectivity index (χ1) is 16.8. The highest BCUT2D eigenvalue weighted by atomic mass is 32.2. The molecule has 184 valence electrons. The number of nitrogens with zero attached hydrogens (tertiary/aromatic N) is 5. The number of sulfonamides is 1. The van der Waals surface area contributed by atoms with Crippen molar-refractivity contribution in [1.29, 1.82) is 0 Å². The molecule has 3 aromatic rings. The van der Waals surface area contributed by atoms with Crippen molar-refractivity contribution in [1.82, 2.24) is 19.3 Å². The second kappa shape index (κ2) is 9.52. The average molecular weight is 496 g/mol. The molecular weight excluding hydrogens is 466 g/mol. The molecule has 0 bridgehead atoms. The Morgan fingerprint density at radius 1 is 1.09 bits per heavy atom. The zero-order chi connectivity index (χ0) is 24.6. The molecule has 0 unspecified atom stereocenters. The maximum absolute atomic E-state index is 13.3. The summed E-state index contributed by atoms with van der Waals surface area (Å²) in [5, 5.41) is 4.09. The number of rotatable bonds is 6. The fourth-order valence-electron chi connectivity index (χ4n) is 4.75. The lowest BCUT2D eigenvalue weighted by molar-refractivity contribution is -0.123. The molecule has 0 spiro atoms. The Morgan fingerprint density at radius 2 is 1.83 bits per heavy atom. The van der Waals surface area contributed by atoms with Crippen LogP contribution in [0, 0.1) is 5.92 Å². The summed E-state index contributed by atoms with van der Waals surface area (Å²) in [5.41, 5.74) is 2.66. The van der Waals surface area contributed by atoms with Crippen molar-refractivity contribution in [2.75, 3.05) is 38.6 Å². The first-order valence-electron chi connectivity index (χ1n) is 11.8. The number of amides is 1. The van der Waals surface area contributed by atoms with Crippen LogP contribution >= 0.6 is 0 Å². The molecule has 0 saturated carbocycles. The van der Waals surface area contributed by atoms with Crippen molar-refractivity contribution in [3.63, 3.8) is 0 Å². The molecule has 0 radical (unpaired) electrons. The van der Waals surface area contributed by atoms with Crippen molar-refractivity contribution >= 4 is 21.6 Å². The number of likely N-dealkylation sites (tertiary alicyclic amines) is 1. The van der Waals surface area contributed by atoms with E-state index in [0.717, 1.165) is 42.7 Å². The van der Waals surface area contributed by atoms with Crippen molar-refractivity contribution < 1.29 is 17.7 Å². The van der Waals surface area contributed by atoms with E-state index >= 15 is 0 Å². The van der Waals surface area contributed by atoms with E-state index in [1.807, 2.05) is 35.2 Å². The van der Waals surface area contributed by atoms with Gasteiger partial charge in [0.25, 0.3) is 0 Å². The minimum Gasteiger partial charge on any atom is -0.338 e. The highest BCUT2D eigenvalue weighted by Crippen LogP contribution is 2.33. The Kier molecular flexibility index (Phi) is 6.43. The van der Waals surface area contributed by atoms with Gasteiger partial charge in [0, 0.05) is 37.8 Å². The lowest BCUT2D eigenvalue weighted by Gasteiger charge is -2.32. The lowest BCUT2D eigenvalue weighted by Crippen LogP contribution is -2.42. The number of benzene rings is 2. The minimum atomic E-state index is -3.50. The summed E-state index contributed by atoms with van der Waals surface area (Å²) in [5.74, 6) is 1.23. The molecule has 1 fully saturated rings. The summed E-state index contributed by atoms with van der Waals surface area (Å²) >= 11 is 0. The molecule has 1 saturated heterocycles. The first-order valence-corrected chi connectivity index (χ1v) is 13.2. The van der Waals surface area contributed by atoms with E-state index < -0.39 is 10.0 Å². The van der Waals surface area contributed by atoms with Crippen LogP contribution in [0.1, 0.15) is 24.3 Å². The number of fused-ring (bicyclic) bond motifs is 1. The van der Waals surface area contributed by atoms with Gasteiger partial charge >= 0.3 is 0 Å². The van der Waals surface area contributed by atoms with Crippen LogP contribution in [0.25, 0.3) is 11.4 Å². The lowest BCUT2D eigenvalue weighted by atomic mass is 9.95. The topological polar surface area (TPSA) is 99.9 Å². The average Bonchev–Trinajstić information content (AvgIpc) is 3.51. The first kappa shape index (κ1) is 23.7.